The molecule has 0 aliphatic carbocycles. The van der Waals surface area contributed by atoms with Crippen molar-refractivity contribution in [1.29, 1.82) is 0 Å². The number of amides is 1. The number of carbonyl (C=O) groups is 2. The van der Waals surface area contributed by atoms with Crippen LogP contribution in [-0.4, -0.2) is 31.3 Å². The first-order valence-electron chi connectivity index (χ1n) is 11.0. The van der Waals surface area contributed by atoms with Gasteiger partial charge in [0.05, 0.1) is 18.4 Å². The highest BCUT2D eigenvalue weighted by Crippen LogP contribution is 2.19. The van der Waals surface area contributed by atoms with E-state index in [4.69, 9.17) is 14.2 Å². The average Bonchev–Trinajstić information content (AvgIpc) is 2.84. The van der Waals surface area contributed by atoms with Crippen molar-refractivity contribution in [2.24, 2.45) is 5.10 Å². The average molecular weight is 461 g/mol. The highest BCUT2D eigenvalue weighted by atomic mass is 16.5. The molecule has 0 atom stereocenters. The Kier molecular flexibility index (Phi) is 8.80. The van der Waals surface area contributed by atoms with Gasteiger partial charge in [0.15, 0.2) is 6.61 Å². The molecular formula is C27H28N2O5. The minimum atomic E-state index is -0.462. The van der Waals surface area contributed by atoms with Crippen molar-refractivity contribution < 1.29 is 23.8 Å². The summed E-state index contributed by atoms with van der Waals surface area (Å²) in [4.78, 5) is 24.2. The van der Waals surface area contributed by atoms with Crippen molar-refractivity contribution in [3.05, 3.63) is 89.5 Å². The Bertz CT molecular complexity index is 1110. The molecule has 0 bridgehead atoms. The molecule has 0 spiro atoms. The van der Waals surface area contributed by atoms with Crippen LogP contribution in [0.2, 0.25) is 0 Å². The Morgan fingerprint density at radius 3 is 2.06 bits per heavy atom. The Morgan fingerprint density at radius 1 is 0.853 bits per heavy atom. The smallest absolute Gasteiger partial charge is 0.343 e. The molecule has 0 radical (unpaired) electrons. The molecule has 176 valence electrons. The lowest BCUT2D eigenvalue weighted by molar-refractivity contribution is -0.123. The van der Waals surface area contributed by atoms with Crippen molar-refractivity contribution in [2.45, 2.75) is 26.7 Å². The summed E-state index contributed by atoms with van der Waals surface area (Å²) in [5.41, 5.74) is 4.78. The monoisotopic (exact) mass is 460 g/mol. The van der Waals surface area contributed by atoms with Crippen LogP contribution in [0.3, 0.4) is 0 Å². The van der Waals surface area contributed by atoms with Gasteiger partial charge in [0.25, 0.3) is 5.91 Å². The van der Waals surface area contributed by atoms with Gasteiger partial charge in [-0.15, -0.1) is 0 Å². The molecule has 0 heterocycles. The van der Waals surface area contributed by atoms with E-state index in [-0.39, 0.29) is 12.5 Å². The van der Waals surface area contributed by atoms with E-state index in [9.17, 15) is 9.59 Å². The minimum absolute atomic E-state index is 0.140. The Balaban J connectivity index is 1.44. The molecule has 0 saturated heterocycles. The lowest BCUT2D eigenvalue weighted by Gasteiger charge is -2.08. The quantitative estimate of drug-likeness (QED) is 0.200. The van der Waals surface area contributed by atoms with E-state index >= 15 is 0 Å². The van der Waals surface area contributed by atoms with Gasteiger partial charge in [-0.3, -0.25) is 4.79 Å². The zero-order valence-electron chi connectivity index (χ0n) is 19.5. The topological polar surface area (TPSA) is 86.2 Å². The fraction of sp³-hybridized carbons (Fsp3) is 0.222. The lowest BCUT2D eigenvalue weighted by atomic mass is 10.0. The van der Waals surface area contributed by atoms with Crippen molar-refractivity contribution >= 4 is 18.1 Å². The van der Waals surface area contributed by atoms with Gasteiger partial charge in [-0.25, -0.2) is 10.2 Å². The van der Waals surface area contributed by atoms with Crippen molar-refractivity contribution in [1.82, 2.24) is 5.43 Å². The first-order chi connectivity index (χ1) is 16.4. The summed E-state index contributed by atoms with van der Waals surface area (Å²) in [5.74, 6) is 1.32. The number of nitrogens with zero attached hydrogens (tertiary/aromatic N) is 1. The van der Waals surface area contributed by atoms with Crippen molar-refractivity contribution in [2.75, 3.05) is 13.2 Å². The number of nitrogens with one attached hydrogen (secondary N) is 1. The standard InChI is InChI=1S/C27H28N2O5/c1-4-32-23-15-9-22(10-16-23)27(31)34-25-11-5-20(6-12-25)17-28-29-26(30)18-33-24-13-7-21(8-14-24)19(2)3/h5-17,19H,4,18H2,1-3H3,(H,29,30)/b28-17-. The largest absolute Gasteiger partial charge is 0.494 e. The third-order valence-corrected chi connectivity index (χ3v) is 4.81. The summed E-state index contributed by atoms with van der Waals surface area (Å²) in [5, 5.41) is 3.93. The molecule has 0 aliphatic heterocycles. The van der Waals surface area contributed by atoms with E-state index in [0.29, 0.717) is 35.3 Å². The molecule has 0 aliphatic rings. The normalized spacial score (nSPS) is 10.8. The van der Waals surface area contributed by atoms with Gasteiger partial charge in [0.1, 0.15) is 17.2 Å². The molecular weight excluding hydrogens is 432 g/mol. The molecule has 3 rings (SSSR count). The van der Waals surface area contributed by atoms with Gasteiger partial charge >= 0.3 is 5.97 Å². The third-order valence-electron chi connectivity index (χ3n) is 4.81. The predicted octanol–water partition coefficient (Wildman–Crippen LogP) is 4.96. The number of ether oxygens (including phenoxy) is 3. The summed E-state index contributed by atoms with van der Waals surface area (Å²) in [7, 11) is 0. The molecule has 0 aromatic heterocycles. The van der Waals surface area contributed by atoms with E-state index in [2.05, 4.69) is 24.4 Å². The predicted molar refractivity (Wildman–Crippen MR) is 131 cm³/mol. The second-order valence-electron chi connectivity index (χ2n) is 7.72. The molecule has 1 N–H and O–H groups in total. The van der Waals surface area contributed by atoms with Crippen LogP contribution in [0.15, 0.2) is 77.9 Å². The first kappa shape index (κ1) is 24.5. The van der Waals surface area contributed by atoms with Gasteiger partial charge in [-0.2, -0.15) is 5.10 Å². The van der Waals surface area contributed by atoms with Crippen LogP contribution < -0.4 is 19.6 Å². The number of hydrogen-bond acceptors (Lipinski definition) is 6. The number of benzene rings is 3. The Hall–Kier alpha value is -4.13. The molecule has 3 aromatic carbocycles. The van der Waals surface area contributed by atoms with E-state index in [1.54, 1.807) is 48.5 Å². The van der Waals surface area contributed by atoms with Gasteiger partial charge in [0, 0.05) is 0 Å². The highest BCUT2D eigenvalue weighted by molar-refractivity contribution is 5.91. The fourth-order valence-electron chi connectivity index (χ4n) is 2.95. The maximum absolute atomic E-state index is 12.3. The summed E-state index contributed by atoms with van der Waals surface area (Å²) < 4.78 is 16.2. The van der Waals surface area contributed by atoms with Crippen LogP contribution in [0.4, 0.5) is 0 Å². The van der Waals surface area contributed by atoms with Crippen LogP contribution in [0.5, 0.6) is 17.2 Å². The number of hydrazone groups is 1. The van der Waals surface area contributed by atoms with Crippen LogP contribution in [0.1, 0.15) is 48.2 Å². The van der Waals surface area contributed by atoms with Crippen molar-refractivity contribution in [3.63, 3.8) is 0 Å². The summed E-state index contributed by atoms with van der Waals surface area (Å²) in [6.07, 6.45) is 1.49. The molecule has 3 aromatic rings. The van der Waals surface area contributed by atoms with Gasteiger partial charge in [-0.05, 0) is 84.6 Å². The highest BCUT2D eigenvalue weighted by Gasteiger charge is 2.09. The molecule has 0 unspecified atom stereocenters. The number of esters is 1. The zero-order valence-corrected chi connectivity index (χ0v) is 19.5. The molecule has 7 heteroatoms. The minimum Gasteiger partial charge on any atom is -0.494 e. The zero-order chi connectivity index (χ0) is 24.3. The lowest BCUT2D eigenvalue weighted by Crippen LogP contribution is -2.24. The summed E-state index contributed by atoms with van der Waals surface area (Å²) >= 11 is 0. The maximum Gasteiger partial charge on any atom is 0.343 e. The summed E-state index contributed by atoms with van der Waals surface area (Å²) in [6.45, 7) is 6.55. The van der Waals surface area contributed by atoms with E-state index in [1.807, 2.05) is 31.2 Å². The van der Waals surface area contributed by atoms with Gasteiger partial charge in [0.2, 0.25) is 0 Å². The Morgan fingerprint density at radius 2 is 1.44 bits per heavy atom. The summed E-state index contributed by atoms with van der Waals surface area (Å²) in [6, 6.07) is 21.2. The second kappa shape index (κ2) is 12.2. The molecule has 1 amide bonds. The van der Waals surface area contributed by atoms with Gasteiger partial charge in [-0.1, -0.05) is 26.0 Å². The fourth-order valence-corrected chi connectivity index (χ4v) is 2.95. The van der Waals surface area contributed by atoms with Gasteiger partial charge < -0.3 is 14.2 Å². The molecule has 0 saturated carbocycles. The number of hydrogen-bond donors (Lipinski definition) is 1. The molecule has 34 heavy (non-hydrogen) atoms. The first-order valence-corrected chi connectivity index (χ1v) is 11.0. The second-order valence-corrected chi connectivity index (χ2v) is 7.72. The molecule has 0 fully saturated rings. The third kappa shape index (κ3) is 7.48. The van der Waals surface area contributed by atoms with Crippen LogP contribution >= 0.6 is 0 Å². The molecule has 7 nitrogen and oxygen atoms in total. The maximum atomic E-state index is 12.3. The van der Waals surface area contributed by atoms with E-state index in [0.717, 1.165) is 5.56 Å². The van der Waals surface area contributed by atoms with Crippen LogP contribution in [-0.2, 0) is 4.79 Å². The van der Waals surface area contributed by atoms with Crippen LogP contribution in [0.25, 0.3) is 0 Å². The van der Waals surface area contributed by atoms with E-state index < -0.39 is 5.97 Å². The van der Waals surface area contributed by atoms with Crippen LogP contribution in [0, 0.1) is 0 Å². The number of carbonyl (C=O) groups excluding carboxylic acids is 2. The SMILES string of the molecule is CCOc1ccc(C(=O)Oc2ccc(/C=N\NC(=O)COc3ccc(C(C)C)cc3)cc2)cc1. The number of rotatable bonds is 10. The van der Waals surface area contributed by atoms with E-state index in [1.165, 1.54) is 11.8 Å². The Labute approximate surface area is 199 Å². The van der Waals surface area contributed by atoms with Crippen molar-refractivity contribution in [3.8, 4) is 17.2 Å².